The molecule has 27 rings (SSSR count). The highest BCUT2D eigenvalue weighted by atomic mass is 32.2. The fourth-order valence-electron chi connectivity index (χ4n) is 17.0. The number of nitrogens with one attached hydrogen (secondary N) is 4. The number of aliphatic hydroxyl groups excluding tert-OH is 17. The topological polar surface area (TPSA) is 716 Å². The van der Waals surface area contributed by atoms with Gasteiger partial charge in [-0.15, -0.1) is 6.58 Å². The molecule has 23 heterocycles. The van der Waals surface area contributed by atoms with Crippen LogP contribution in [0.2, 0.25) is 0 Å². The number of anilines is 1. The van der Waals surface area contributed by atoms with Gasteiger partial charge in [-0.25, -0.2) is 4.98 Å². The van der Waals surface area contributed by atoms with Gasteiger partial charge in [0.1, 0.15) is 174 Å². The molecule has 0 radical (unpaired) electrons. The van der Waals surface area contributed by atoms with E-state index in [0.717, 1.165) is 60.2 Å². The first kappa shape index (κ1) is 105. The van der Waals surface area contributed by atoms with Crippen LogP contribution in [0.3, 0.4) is 0 Å². The monoisotopic (exact) mass is 1920 g/mol. The highest BCUT2D eigenvalue weighted by Crippen LogP contribution is 2.41. The van der Waals surface area contributed by atoms with Crippen molar-refractivity contribution in [2.75, 3.05) is 71.4 Å². The molecule has 31 atom stereocenters. The molecule has 1 aliphatic carbocycles. The van der Waals surface area contributed by atoms with E-state index < -0.39 is 269 Å². The molecular weight excluding hydrogens is 1810 g/mol. The Labute approximate surface area is 767 Å². The van der Waals surface area contributed by atoms with E-state index >= 15 is 4.79 Å². The van der Waals surface area contributed by atoms with Gasteiger partial charge in [0.2, 0.25) is 11.8 Å². The van der Waals surface area contributed by atoms with E-state index in [4.69, 9.17) is 71.1 Å². The second kappa shape index (κ2) is 48.8. The molecule has 23 N–H and O–H groups in total. The lowest BCUT2D eigenvalue weighted by Crippen LogP contribution is -2.71. The third kappa shape index (κ3) is 25.4. The molecule has 744 valence electrons. The van der Waals surface area contributed by atoms with Crippen molar-refractivity contribution < 1.29 is 200 Å². The maximum absolute atomic E-state index is 15.4. The number of aliphatic hydroxyl groups is 17. The van der Waals surface area contributed by atoms with Crippen LogP contribution in [0.25, 0.3) is 0 Å². The van der Waals surface area contributed by atoms with E-state index in [9.17, 15) is 124 Å². The van der Waals surface area contributed by atoms with Crippen LogP contribution in [0.15, 0.2) is 95.6 Å². The summed E-state index contributed by atoms with van der Waals surface area (Å²) in [4.78, 5) is 71.6. The minimum Gasteiger partial charge on any atom is -0.493 e. The van der Waals surface area contributed by atoms with Crippen molar-refractivity contribution in [2.24, 2.45) is 5.10 Å². The van der Waals surface area contributed by atoms with Crippen LogP contribution in [0.5, 0.6) is 17.2 Å². The van der Waals surface area contributed by atoms with Gasteiger partial charge >= 0.3 is 5.97 Å². The summed E-state index contributed by atoms with van der Waals surface area (Å²) in [7, 11) is -4.68. The van der Waals surface area contributed by atoms with Crippen LogP contribution in [0, 0.1) is 0 Å². The Kier molecular flexibility index (Phi) is 38.1. The van der Waals surface area contributed by atoms with Gasteiger partial charge in [-0.1, -0.05) is 30.3 Å². The highest BCUT2D eigenvalue weighted by Gasteiger charge is 2.60. The number of rotatable bonds is 37. The standard InChI is InChI=1S/C86H118N6O41S/c1-2-13-44-42-15-10-17-47(99)43(42)23-25-50(44)120-30-9-3-8-29-119-48-18-11-19-49(45(48)24-27-60(101)102)121-31-12-21-59(100)87-28-7-6-16-46(90-79(114)41-22-26-58(88-32-41)92-89-33-40-14-4-5-20-57(40)134(116,117)118)80(115)91-61-62(103)81-122-51(34-93)73(61)128-82-68(109)63(104)75(53(36-95)123-82)130-84-70(111)65(106)77(55(38-97)125-84)132-86-72(113)67(108)78(56(39-98)127-86)133-85-71(112)66(107)76(54(37-96)126-85)131-83-69(110)64(105)74(129-81)52(35-94)124-83/h2,4-5,11,14,18-20,22-23,25-26,32-33,46,51-56,61-78,81-86,93-98,103-113H,1,3,6-10,12-13,15-17,21,24,27-31,34-39H2,(H,87,100)(H,88,92)(H,90,114)(H,91,115)(H,101,102)(H,116,117,118)/b89-33+/t46?,51-,52-,53-,54-,55-,56-,61-,62-,63-,64-,65-,66-,67-,68-,69-,70-,71-,72-,73-,74-,75-,76-,77-,78-,81-,82-,83-,84-,85-,86-/m1/s1. The molecule has 134 heavy (non-hydrogen) atoms. The molecule has 4 aromatic rings. The number of hydrazone groups is 1. The van der Waals surface area contributed by atoms with Gasteiger partial charge in [-0.2, -0.15) is 13.5 Å². The fraction of sp³-hybridized carbons (Fsp3) is 0.640. The maximum Gasteiger partial charge on any atom is 0.303 e. The molecule has 22 saturated heterocycles. The number of allylic oxidation sites excluding steroid dienone is 1. The zero-order valence-corrected chi connectivity index (χ0v) is 73.3. The summed E-state index contributed by atoms with van der Waals surface area (Å²) < 4.78 is 123. The van der Waals surface area contributed by atoms with E-state index in [-0.39, 0.29) is 87.4 Å². The highest BCUT2D eigenvalue weighted by molar-refractivity contribution is 7.86. The van der Waals surface area contributed by atoms with Crippen molar-refractivity contribution in [3.05, 3.63) is 119 Å². The normalized spacial score (nSPS) is 33.8. The Bertz CT molecular complexity index is 4650. The fourth-order valence-corrected chi connectivity index (χ4v) is 17.7. The molecule has 22 aliphatic heterocycles. The second-order valence-corrected chi connectivity index (χ2v) is 34.6. The van der Waals surface area contributed by atoms with Crippen molar-refractivity contribution in [3.63, 3.8) is 0 Å². The first-order chi connectivity index (χ1) is 64.3. The second-order valence-electron chi connectivity index (χ2n) is 33.2. The summed E-state index contributed by atoms with van der Waals surface area (Å²) in [6.07, 6.45) is -53.2. The van der Waals surface area contributed by atoms with E-state index in [1.54, 1.807) is 24.3 Å². The van der Waals surface area contributed by atoms with Gasteiger partial charge in [0.15, 0.2) is 43.5 Å². The number of aromatic nitrogens is 1. The van der Waals surface area contributed by atoms with Crippen LogP contribution >= 0.6 is 0 Å². The largest absolute Gasteiger partial charge is 0.493 e. The van der Waals surface area contributed by atoms with E-state index in [1.807, 2.05) is 12.1 Å². The van der Waals surface area contributed by atoms with Crippen molar-refractivity contribution in [1.82, 2.24) is 20.9 Å². The van der Waals surface area contributed by atoms with E-state index in [0.29, 0.717) is 49.4 Å². The first-order valence-electron chi connectivity index (χ1n) is 44.0. The maximum atomic E-state index is 15.4. The van der Waals surface area contributed by atoms with Crippen LogP contribution in [0.4, 0.5) is 5.82 Å². The number of hydrogen-bond donors (Lipinski definition) is 23. The summed E-state index contributed by atoms with van der Waals surface area (Å²) >= 11 is 0. The summed E-state index contributed by atoms with van der Waals surface area (Å²) in [5.41, 5.74) is 5.55. The molecule has 22 fully saturated rings. The molecular formula is C86H118N6O41S. The Hall–Kier alpha value is -8.28. The summed E-state index contributed by atoms with van der Waals surface area (Å²) in [6, 6.07) is 12.7. The van der Waals surface area contributed by atoms with Gasteiger partial charge in [0.25, 0.3) is 16.0 Å². The van der Waals surface area contributed by atoms with Crippen molar-refractivity contribution in [1.29, 1.82) is 0 Å². The predicted molar refractivity (Wildman–Crippen MR) is 451 cm³/mol. The molecule has 3 aromatic carbocycles. The van der Waals surface area contributed by atoms with E-state index in [1.165, 1.54) is 30.3 Å². The van der Waals surface area contributed by atoms with Crippen LogP contribution < -0.4 is 35.6 Å². The van der Waals surface area contributed by atoms with Gasteiger partial charge in [-0.3, -0.25) is 34.0 Å². The van der Waals surface area contributed by atoms with Crippen molar-refractivity contribution in [2.45, 2.75) is 285 Å². The molecule has 12 bridgehead atoms. The first-order valence-corrected chi connectivity index (χ1v) is 45.5. The number of pyridine rings is 1. The number of carbonyl (C=O) groups excluding carboxylic acids is 4. The number of hydrogen-bond acceptors (Lipinski definition) is 42. The molecule has 1 unspecified atom stereocenters. The van der Waals surface area contributed by atoms with Crippen LogP contribution in [0.1, 0.15) is 114 Å². The van der Waals surface area contributed by atoms with Gasteiger partial charge in [0, 0.05) is 54.3 Å². The lowest BCUT2D eigenvalue weighted by atomic mass is 9.86. The number of Topliss-reactive ketones (excluding diaryl/α,β-unsaturated/α-hetero) is 1. The van der Waals surface area contributed by atoms with Crippen molar-refractivity contribution in [3.8, 4) is 17.2 Å². The number of ether oxygens (including phenoxy) is 15. The number of benzene rings is 3. The quantitative estimate of drug-likeness (QED) is 0.00657. The summed E-state index contributed by atoms with van der Waals surface area (Å²) in [5.74, 6) is -2.09. The third-order valence-corrected chi connectivity index (χ3v) is 25.1. The number of amides is 3. The minimum absolute atomic E-state index is 0.00279. The Morgan fingerprint density at radius 2 is 0.963 bits per heavy atom. The average Bonchev–Trinajstić information content (AvgIpc) is 0.762. The predicted octanol–water partition coefficient (Wildman–Crippen LogP) is -6.01. The van der Waals surface area contributed by atoms with Crippen molar-refractivity contribution >= 4 is 51.6 Å². The molecule has 0 saturated carbocycles. The Balaban J connectivity index is 0.756. The number of ketones is 1. The molecule has 47 nitrogen and oxygen atoms in total. The zero-order chi connectivity index (χ0) is 96.4. The van der Waals surface area contributed by atoms with Crippen LogP contribution in [-0.2, 0) is 101 Å². The molecule has 3 amide bonds. The average molecular weight is 1920 g/mol. The van der Waals surface area contributed by atoms with Gasteiger partial charge in [0.05, 0.1) is 77.3 Å². The minimum atomic E-state index is -4.68. The molecule has 0 spiro atoms. The SMILES string of the molecule is C=CCc1c(OCCCCCOc2cccc(OCCCC(=O)NCCCCC(NC(=O)c3ccc(N/N=C/c4ccccc4S(=O)(=O)O)nc3)C(=O)N[C@@H]3[C@@H](O)[C@H]4O[C@H]5[C@H](O)[C@@H](O)[C@@H](O[C@H]6[C@H](O)[C@@H](O)[C@@H](O[C@H]7[C@H](O)[C@@H](O)[C@@H](O[C@H]8[C@H](O)[C@@H](O)[C@@H](O[C@H]9[C@H](O)[C@@H](O)[C@@H](O[C@@H]3[C@@H](CO)O4)O[C@@H]9CO)O[C@@H]8CO)O[C@@H]7CO)O[C@@H]6CO)O[C@@H]5CO)c2CCC(=O)O)ccc2c1CCCC2=O. The molecule has 48 heteroatoms. The summed E-state index contributed by atoms with van der Waals surface area (Å²) in [6.45, 7) is -2.23. The number of carboxylic acid groups (broad SMARTS) is 1. The van der Waals surface area contributed by atoms with Gasteiger partial charge in [-0.05, 0) is 119 Å². The number of aliphatic carboxylic acids is 1. The molecule has 23 aliphatic rings. The molecule has 1 aromatic heterocycles. The number of carbonyl (C=O) groups is 5. The van der Waals surface area contributed by atoms with Crippen LogP contribution in [-0.4, -0.2) is 402 Å². The number of unbranched alkanes of at least 4 members (excludes halogenated alkanes) is 3. The summed E-state index contributed by atoms with van der Waals surface area (Å²) in [5, 5.41) is 216. The Morgan fingerprint density at radius 3 is 1.42 bits per heavy atom. The van der Waals surface area contributed by atoms with Gasteiger partial charge < -0.3 is 179 Å². The lowest BCUT2D eigenvalue weighted by molar-refractivity contribution is -0.401. The lowest BCUT2D eigenvalue weighted by Gasteiger charge is -2.51. The smallest absolute Gasteiger partial charge is 0.303 e. The Morgan fingerprint density at radius 1 is 0.507 bits per heavy atom. The zero-order valence-electron chi connectivity index (χ0n) is 72.4. The number of carboxylic acids is 1. The number of fused-ring (bicyclic) bond motifs is 1. The van der Waals surface area contributed by atoms with E-state index in [2.05, 4.69) is 38.0 Å². The number of nitrogens with zero attached hydrogens (tertiary/aromatic N) is 2. The third-order valence-electron chi connectivity index (χ3n) is 24.1.